The molecule has 1 saturated heterocycles. The van der Waals surface area contributed by atoms with Crippen LogP contribution in [0.25, 0.3) is 20.9 Å². The van der Waals surface area contributed by atoms with Crippen LogP contribution >= 0.6 is 0 Å². The van der Waals surface area contributed by atoms with Crippen molar-refractivity contribution in [3.63, 3.8) is 0 Å². The third-order valence-corrected chi connectivity index (χ3v) is 3.51. The average molecular weight is 315 g/mol. The van der Waals surface area contributed by atoms with Gasteiger partial charge in [-0.25, -0.2) is 4.79 Å². The molecular formula is C13H13N7O3. The van der Waals surface area contributed by atoms with Gasteiger partial charge >= 0.3 is 5.97 Å². The molecule has 2 rings (SSSR count). The Morgan fingerprint density at radius 2 is 2.04 bits per heavy atom. The highest BCUT2D eigenvalue weighted by Gasteiger charge is 2.40. The van der Waals surface area contributed by atoms with Crippen LogP contribution in [0.2, 0.25) is 0 Å². The maximum atomic E-state index is 12.7. The number of nitrogens with zero attached hydrogens (tertiary/aromatic N) is 7. The molecule has 10 heteroatoms. The quantitative estimate of drug-likeness (QED) is 0.364. The number of azide groups is 2. The van der Waals surface area contributed by atoms with E-state index in [-0.39, 0.29) is 24.2 Å². The summed E-state index contributed by atoms with van der Waals surface area (Å²) in [5.74, 6) is -1.07. The zero-order chi connectivity index (χ0) is 16.8. The van der Waals surface area contributed by atoms with Gasteiger partial charge in [-0.3, -0.25) is 4.79 Å². The van der Waals surface area contributed by atoms with Gasteiger partial charge < -0.3 is 9.64 Å². The van der Waals surface area contributed by atoms with E-state index in [1.54, 1.807) is 12.1 Å². The molecule has 0 saturated carbocycles. The smallest absolute Gasteiger partial charge is 0.328 e. The number of esters is 1. The first kappa shape index (κ1) is 16.2. The second kappa shape index (κ2) is 7.17. The number of carbonyl (C=O) groups excluding carboxylic acids is 2. The van der Waals surface area contributed by atoms with Gasteiger partial charge in [0.05, 0.1) is 18.8 Å². The summed E-state index contributed by atoms with van der Waals surface area (Å²) in [7, 11) is 1.22. The molecule has 1 heterocycles. The molecule has 1 aliphatic heterocycles. The zero-order valence-corrected chi connectivity index (χ0v) is 12.2. The summed E-state index contributed by atoms with van der Waals surface area (Å²) < 4.78 is 4.71. The van der Waals surface area contributed by atoms with Crippen LogP contribution in [0.5, 0.6) is 0 Å². The second-order valence-corrected chi connectivity index (χ2v) is 4.80. The normalized spacial score (nSPS) is 19.4. The molecule has 0 bridgehead atoms. The maximum absolute atomic E-state index is 12.7. The highest BCUT2D eigenvalue weighted by Crippen LogP contribution is 2.27. The van der Waals surface area contributed by atoms with E-state index < -0.39 is 24.0 Å². The summed E-state index contributed by atoms with van der Waals surface area (Å²) in [4.78, 5) is 31.3. The van der Waals surface area contributed by atoms with Crippen molar-refractivity contribution in [3.05, 3.63) is 50.7 Å². The van der Waals surface area contributed by atoms with Crippen molar-refractivity contribution in [2.45, 2.75) is 18.5 Å². The first-order chi connectivity index (χ1) is 11.1. The largest absolute Gasteiger partial charge is 0.467 e. The van der Waals surface area contributed by atoms with E-state index in [2.05, 4.69) is 20.1 Å². The van der Waals surface area contributed by atoms with E-state index in [1.165, 1.54) is 24.1 Å². The number of hydrogen-bond donors (Lipinski definition) is 0. The van der Waals surface area contributed by atoms with Crippen molar-refractivity contribution in [3.8, 4) is 0 Å². The molecule has 0 unspecified atom stereocenters. The molecule has 1 aliphatic rings. The summed E-state index contributed by atoms with van der Waals surface area (Å²) in [6, 6.07) is 4.90. The molecule has 2 atom stereocenters. The van der Waals surface area contributed by atoms with E-state index in [4.69, 9.17) is 15.8 Å². The van der Waals surface area contributed by atoms with Crippen molar-refractivity contribution in [2.24, 2.45) is 10.2 Å². The average Bonchev–Trinajstić information content (AvgIpc) is 2.98. The van der Waals surface area contributed by atoms with Crippen molar-refractivity contribution in [1.82, 2.24) is 4.90 Å². The van der Waals surface area contributed by atoms with Gasteiger partial charge in [0.25, 0.3) is 5.91 Å². The fourth-order valence-electron chi connectivity index (χ4n) is 2.50. The molecule has 0 radical (unpaired) electrons. The van der Waals surface area contributed by atoms with Crippen molar-refractivity contribution in [1.29, 1.82) is 0 Å². The molecular weight excluding hydrogens is 302 g/mol. The summed E-state index contributed by atoms with van der Waals surface area (Å²) >= 11 is 0. The lowest BCUT2D eigenvalue weighted by atomic mass is 10.1. The number of methoxy groups -OCH3 is 1. The van der Waals surface area contributed by atoms with Crippen LogP contribution in [0.1, 0.15) is 16.8 Å². The van der Waals surface area contributed by atoms with Crippen LogP contribution in [0.3, 0.4) is 0 Å². The highest BCUT2D eigenvalue weighted by atomic mass is 16.5. The Morgan fingerprint density at radius 3 is 2.70 bits per heavy atom. The third kappa shape index (κ3) is 3.34. The van der Waals surface area contributed by atoms with Crippen molar-refractivity contribution >= 4 is 17.6 Å². The van der Waals surface area contributed by atoms with Gasteiger partial charge in [0.1, 0.15) is 6.04 Å². The minimum absolute atomic E-state index is 0.0905. The number of benzene rings is 1. The summed E-state index contributed by atoms with van der Waals surface area (Å²) in [6.07, 6.45) is 0.187. The standard InChI is InChI=1S/C13H13N7O3/c1-23-13(22)11-6-8(16-18-14)7-20(11)12(21)9-4-2-3-5-10(9)17-19-15/h2-5,8,11H,6-7H2,1H3/t8-,11-/m0/s1. The van der Waals surface area contributed by atoms with E-state index in [1.807, 2.05) is 0 Å². The van der Waals surface area contributed by atoms with Gasteiger partial charge in [-0.2, -0.15) is 0 Å². The Kier molecular flexibility index (Phi) is 5.03. The van der Waals surface area contributed by atoms with E-state index in [0.717, 1.165) is 0 Å². The Labute approximate surface area is 130 Å². The highest BCUT2D eigenvalue weighted by molar-refractivity contribution is 6.01. The molecule has 0 aliphatic carbocycles. The number of rotatable bonds is 4. The minimum atomic E-state index is -0.845. The monoisotopic (exact) mass is 315 g/mol. The molecule has 1 fully saturated rings. The molecule has 0 N–H and O–H groups in total. The summed E-state index contributed by atoms with van der Waals surface area (Å²) in [5, 5.41) is 7.05. The van der Waals surface area contributed by atoms with E-state index >= 15 is 0 Å². The van der Waals surface area contributed by atoms with Gasteiger partial charge in [-0.15, -0.1) is 0 Å². The van der Waals surface area contributed by atoms with Crippen molar-refractivity contribution in [2.75, 3.05) is 13.7 Å². The molecule has 0 aromatic heterocycles. The van der Waals surface area contributed by atoms with Crippen LogP contribution in [-0.4, -0.2) is 42.5 Å². The number of hydrogen-bond acceptors (Lipinski definition) is 5. The van der Waals surface area contributed by atoms with Gasteiger partial charge in [0.2, 0.25) is 0 Å². The molecule has 1 aromatic rings. The Morgan fingerprint density at radius 1 is 1.30 bits per heavy atom. The Balaban J connectivity index is 2.37. The molecule has 1 aromatic carbocycles. The number of ether oxygens (including phenoxy) is 1. The maximum Gasteiger partial charge on any atom is 0.328 e. The minimum Gasteiger partial charge on any atom is -0.467 e. The summed E-state index contributed by atoms with van der Waals surface area (Å²) in [5.41, 5.74) is 17.5. The first-order valence-corrected chi connectivity index (χ1v) is 6.69. The predicted octanol–water partition coefficient (Wildman–Crippen LogP) is 2.69. The topological polar surface area (TPSA) is 144 Å². The van der Waals surface area contributed by atoms with Gasteiger partial charge in [0, 0.05) is 21.9 Å². The van der Waals surface area contributed by atoms with Crippen LogP contribution in [0.4, 0.5) is 5.69 Å². The zero-order valence-electron chi connectivity index (χ0n) is 12.2. The van der Waals surface area contributed by atoms with Gasteiger partial charge in [-0.1, -0.05) is 28.4 Å². The number of amides is 1. The fraction of sp³-hybridized carbons (Fsp3) is 0.385. The van der Waals surface area contributed by atoms with Crippen LogP contribution in [0.15, 0.2) is 34.5 Å². The summed E-state index contributed by atoms with van der Waals surface area (Å²) in [6.45, 7) is 0.0905. The fourth-order valence-corrected chi connectivity index (χ4v) is 2.50. The SMILES string of the molecule is COC(=O)[C@@H]1C[C@H](N=[N+]=[N-])CN1C(=O)c1ccccc1N=[N+]=[N-]. The number of likely N-dealkylation sites (tertiary alicyclic amines) is 1. The van der Waals surface area contributed by atoms with Crippen LogP contribution < -0.4 is 0 Å². The lowest BCUT2D eigenvalue weighted by Gasteiger charge is -2.23. The lowest BCUT2D eigenvalue weighted by molar-refractivity contribution is -0.145. The Bertz CT molecular complexity index is 722. The van der Waals surface area contributed by atoms with E-state index in [9.17, 15) is 9.59 Å². The lowest BCUT2D eigenvalue weighted by Crippen LogP contribution is -2.41. The Hall–Kier alpha value is -3.22. The molecule has 0 spiro atoms. The van der Waals surface area contributed by atoms with Crippen molar-refractivity contribution < 1.29 is 14.3 Å². The van der Waals surface area contributed by atoms with Crippen LogP contribution in [-0.2, 0) is 9.53 Å². The van der Waals surface area contributed by atoms with Gasteiger partial charge in [-0.05, 0) is 23.5 Å². The van der Waals surface area contributed by atoms with E-state index in [0.29, 0.717) is 0 Å². The van der Waals surface area contributed by atoms with Crippen LogP contribution in [0, 0.1) is 0 Å². The third-order valence-electron chi connectivity index (χ3n) is 3.51. The first-order valence-electron chi connectivity index (χ1n) is 6.69. The molecule has 10 nitrogen and oxygen atoms in total. The molecule has 118 valence electrons. The van der Waals surface area contributed by atoms with Gasteiger partial charge in [0.15, 0.2) is 0 Å². The molecule has 1 amide bonds. The molecule has 23 heavy (non-hydrogen) atoms. The predicted molar refractivity (Wildman–Crippen MR) is 79.6 cm³/mol. The number of carbonyl (C=O) groups is 2. The second-order valence-electron chi connectivity index (χ2n) is 4.80.